The molecule has 0 aliphatic carbocycles. The third-order valence-electron chi connectivity index (χ3n) is 2.94. The quantitative estimate of drug-likeness (QED) is 0.785. The number of hydrogen-bond acceptors (Lipinski definition) is 2. The van der Waals surface area contributed by atoms with E-state index >= 15 is 0 Å². The fraction of sp³-hybridized carbons (Fsp3) is 0.143. The Morgan fingerprint density at radius 1 is 1.05 bits per heavy atom. The lowest BCUT2D eigenvalue weighted by molar-refractivity contribution is 0.515. The van der Waals surface area contributed by atoms with Gasteiger partial charge in [-0.15, -0.1) is 0 Å². The molecular formula is C14H11F2N3. The summed E-state index contributed by atoms with van der Waals surface area (Å²) in [5, 5.41) is 0. The van der Waals surface area contributed by atoms with E-state index in [4.69, 9.17) is 0 Å². The first-order valence-corrected chi connectivity index (χ1v) is 5.96. The van der Waals surface area contributed by atoms with Crippen molar-refractivity contribution >= 4 is 11.0 Å². The lowest BCUT2D eigenvalue weighted by Crippen LogP contribution is -1.95. The van der Waals surface area contributed by atoms with Crippen molar-refractivity contribution in [3.8, 4) is 0 Å². The molecule has 0 aliphatic rings. The topological polar surface area (TPSA) is 41.6 Å². The molecule has 0 atom stereocenters. The number of halogens is 2. The Morgan fingerprint density at radius 2 is 1.95 bits per heavy atom. The maximum Gasteiger partial charge on any atom is 0.186 e. The van der Waals surface area contributed by atoms with E-state index in [-0.39, 0.29) is 5.52 Å². The van der Waals surface area contributed by atoms with Crippen LogP contribution >= 0.6 is 0 Å². The van der Waals surface area contributed by atoms with Gasteiger partial charge in [0.25, 0.3) is 0 Å². The number of aromatic amines is 1. The van der Waals surface area contributed by atoms with Crippen LogP contribution in [-0.2, 0) is 12.8 Å². The largest absolute Gasteiger partial charge is 0.342 e. The molecule has 96 valence electrons. The van der Waals surface area contributed by atoms with Gasteiger partial charge in [-0.1, -0.05) is 6.07 Å². The highest BCUT2D eigenvalue weighted by atomic mass is 19.2. The summed E-state index contributed by atoms with van der Waals surface area (Å²) in [5.41, 5.74) is 1.50. The maximum absolute atomic E-state index is 13.5. The zero-order valence-electron chi connectivity index (χ0n) is 10.0. The van der Waals surface area contributed by atoms with Crippen molar-refractivity contribution in [1.29, 1.82) is 0 Å². The summed E-state index contributed by atoms with van der Waals surface area (Å²) in [6.45, 7) is 0. The summed E-state index contributed by atoms with van der Waals surface area (Å²) in [6.07, 6.45) is 3.03. The van der Waals surface area contributed by atoms with E-state index in [0.717, 1.165) is 11.8 Å². The maximum atomic E-state index is 13.5. The van der Waals surface area contributed by atoms with E-state index < -0.39 is 11.6 Å². The van der Waals surface area contributed by atoms with Crippen LogP contribution in [0.15, 0.2) is 36.5 Å². The van der Waals surface area contributed by atoms with Crippen LogP contribution in [0.5, 0.6) is 0 Å². The van der Waals surface area contributed by atoms with Crippen LogP contribution in [0, 0.1) is 11.6 Å². The zero-order valence-corrected chi connectivity index (χ0v) is 10.0. The summed E-state index contributed by atoms with van der Waals surface area (Å²) in [7, 11) is 0. The van der Waals surface area contributed by atoms with Crippen molar-refractivity contribution in [2.24, 2.45) is 0 Å². The third kappa shape index (κ3) is 2.31. The standard InChI is InChI=1S/C14H11F2N3/c15-10-5-6-11-14(13(10)16)19-12(18-11)7-4-9-3-1-2-8-17-9/h1-3,5-6,8H,4,7H2,(H,18,19). The fourth-order valence-electron chi connectivity index (χ4n) is 1.98. The number of fused-ring (bicyclic) bond motifs is 1. The molecule has 3 aromatic rings. The molecule has 2 aromatic heterocycles. The van der Waals surface area contributed by atoms with Crippen molar-refractivity contribution in [3.05, 3.63) is 59.7 Å². The number of aromatic nitrogens is 3. The van der Waals surface area contributed by atoms with Gasteiger partial charge in [0.05, 0.1) is 5.52 Å². The van der Waals surface area contributed by atoms with E-state index in [1.165, 1.54) is 6.07 Å². The van der Waals surface area contributed by atoms with Gasteiger partial charge in [0.1, 0.15) is 11.3 Å². The molecule has 2 heterocycles. The molecule has 0 spiro atoms. The molecule has 5 heteroatoms. The van der Waals surface area contributed by atoms with E-state index in [0.29, 0.717) is 24.2 Å². The van der Waals surface area contributed by atoms with E-state index in [1.807, 2.05) is 18.2 Å². The van der Waals surface area contributed by atoms with Crippen LogP contribution in [0.4, 0.5) is 8.78 Å². The molecule has 1 N–H and O–H groups in total. The van der Waals surface area contributed by atoms with E-state index in [1.54, 1.807) is 6.20 Å². The van der Waals surface area contributed by atoms with Gasteiger partial charge in [-0.05, 0) is 30.7 Å². The first-order valence-electron chi connectivity index (χ1n) is 5.96. The van der Waals surface area contributed by atoms with Crippen LogP contribution < -0.4 is 0 Å². The van der Waals surface area contributed by atoms with Gasteiger partial charge < -0.3 is 4.98 Å². The lowest BCUT2D eigenvalue weighted by atomic mass is 10.2. The summed E-state index contributed by atoms with van der Waals surface area (Å²) < 4.78 is 26.6. The minimum atomic E-state index is -0.905. The number of hydrogen-bond donors (Lipinski definition) is 1. The number of nitrogens with zero attached hydrogens (tertiary/aromatic N) is 2. The number of pyridine rings is 1. The van der Waals surface area contributed by atoms with Crippen molar-refractivity contribution in [2.75, 3.05) is 0 Å². The van der Waals surface area contributed by atoms with Crippen molar-refractivity contribution in [1.82, 2.24) is 15.0 Å². The van der Waals surface area contributed by atoms with Crippen molar-refractivity contribution in [2.45, 2.75) is 12.8 Å². The Labute approximate surface area is 108 Å². The second-order valence-corrected chi connectivity index (χ2v) is 4.26. The number of H-pyrrole nitrogens is 1. The van der Waals surface area contributed by atoms with Gasteiger partial charge >= 0.3 is 0 Å². The molecule has 0 saturated heterocycles. The molecule has 0 fully saturated rings. The third-order valence-corrected chi connectivity index (χ3v) is 2.94. The first-order chi connectivity index (χ1) is 9.24. The number of aryl methyl sites for hydroxylation is 2. The number of benzene rings is 1. The average Bonchev–Trinajstić information content (AvgIpc) is 2.86. The van der Waals surface area contributed by atoms with Crippen LogP contribution in [0.2, 0.25) is 0 Å². The average molecular weight is 259 g/mol. The number of imidazole rings is 1. The van der Waals surface area contributed by atoms with Gasteiger partial charge in [0.15, 0.2) is 11.6 Å². The molecule has 0 saturated carbocycles. The molecule has 0 radical (unpaired) electrons. The van der Waals surface area contributed by atoms with Crippen molar-refractivity contribution in [3.63, 3.8) is 0 Å². The number of nitrogens with one attached hydrogen (secondary N) is 1. The van der Waals surface area contributed by atoms with Gasteiger partial charge in [0, 0.05) is 18.3 Å². The lowest BCUT2D eigenvalue weighted by Gasteiger charge is -1.96. The fourth-order valence-corrected chi connectivity index (χ4v) is 1.98. The number of rotatable bonds is 3. The Bertz CT molecular complexity index is 707. The van der Waals surface area contributed by atoms with Crippen LogP contribution in [0.1, 0.15) is 11.5 Å². The predicted octanol–water partition coefficient (Wildman–Crippen LogP) is 3.02. The van der Waals surface area contributed by atoms with E-state index in [2.05, 4.69) is 15.0 Å². The summed E-state index contributed by atoms with van der Waals surface area (Å²) in [4.78, 5) is 11.3. The molecule has 3 rings (SSSR count). The Morgan fingerprint density at radius 3 is 2.74 bits per heavy atom. The molecule has 19 heavy (non-hydrogen) atoms. The van der Waals surface area contributed by atoms with Crippen LogP contribution in [0.25, 0.3) is 11.0 Å². The molecule has 1 aromatic carbocycles. The Hall–Kier alpha value is -2.30. The van der Waals surface area contributed by atoms with E-state index in [9.17, 15) is 8.78 Å². The molecule has 3 nitrogen and oxygen atoms in total. The molecular weight excluding hydrogens is 248 g/mol. The SMILES string of the molecule is Fc1ccc2[nH]c(CCc3ccccn3)nc2c1F. The van der Waals surface area contributed by atoms with Gasteiger partial charge in [-0.2, -0.15) is 0 Å². The minimum absolute atomic E-state index is 0.0519. The summed E-state index contributed by atoms with van der Waals surface area (Å²) in [5.74, 6) is -1.15. The zero-order chi connectivity index (χ0) is 13.2. The Balaban J connectivity index is 1.84. The van der Waals surface area contributed by atoms with Crippen molar-refractivity contribution < 1.29 is 8.78 Å². The van der Waals surface area contributed by atoms with Gasteiger partial charge in [-0.25, -0.2) is 13.8 Å². The summed E-state index contributed by atoms with van der Waals surface area (Å²) >= 11 is 0. The first kappa shape index (κ1) is 11.8. The van der Waals surface area contributed by atoms with Crippen LogP contribution in [0.3, 0.4) is 0 Å². The highest BCUT2D eigenvalue weighted by Gasteiger charge is 2.11. The molecule has 0 aliphatic heterocycles. The normalized spacial score (nSPS) is 11.1. The van der Waals surface area contributed by atoms with Gasteiger partial charge in [0.2, 0.25) is 0 Å². The smallest absolute Gasteiger partial charge is 0.186 e. The monoisotopic (exact) mass is 259 g/mol. The molecule has 0 bridgehead atoms. The minimum Gasteiger partial charge on any atom is -0.342 e. The highest BCUT2D eigenvalue weighted by molar-refractivity contribution is 5.75. The second-order valence-electron chi connectivity index (χ2n) is 4.26. The predicted molar refractivity (Wildman–Crippen MR) is 67.7 cm³/mol. The Kier molecular flexibility index (Phi) is 2.95. The summed E-state index contributed by atoms with van der Waals surface area (Å²) in [6, 6.07) is 8.27. The second kappa shape index (κ2) is 4.76. The van der Waals surface area contributed by atoms with Gasteiger partial charge in [-0.3, -0.25) is 4.98 Å². The highest BCUT2D eigenvalue weighted by Crippen LogP contribution is 2.18. The molecule has 0 unspecified atom stereocenters. The van der Waals surface area contributed by atoms with Crippen LogP contribution in [-0.4, -0.2) is 15.0 Å². The molecule has 0 amide bonds.